The fourth-order valence-electron chi connectivity index (χ4n) is 5.63. The van der Waals surface area contributed by atoms with Gasteiger partial charge in [0.1, 0.15) is 0 Å². The molecule has 0 amide bonds. The maximum absolute atomic E-state index is 6.93. The standard InChI is InChI=1S/C32H52O2Si2.2ClH.Zr/c1-31(2,3)35(7,8)33-29-21-23(25-15-11-13-17-27(25)29)19-20-24-22-30(28-18-14-12-16-26(24)28)34-36(9,10)32(4,5)6;;;/h29-30H,11-20H2,1-10H3;2*1H;/q-2;;;+4/p-2. The quantitative estimate of drug-likeness (QED) is 0.300. The Labute approximate surface area is 274 Å². The summed E-state index contributed by atoms with van der Waals surface area (Å²) in [6.45, 7) is 23.6. The monoisotopic (exact) mass is 684 g/mol. The Morgan fingerprint density at radius 3 is 1.23 bits per heavy atom. The van der Waals surface area contributed by atoms with E-state index in [0.29, 0.717) is 0 Å². The van der Waals surface area contributed by atoms with Gasteiger partial charge in [-0.05, 0) is 61.3 Å². The smallest absolute Gasteiger partial charge is 1.00 e. The van der Waals surface area contributed by atoms with Gasteiger partial charge in [0.2, 0.25) is 0 Å². The molecular formula is C32H52Cl2O2Si2Zr. The first-order valence-electron chi connectivity index (χ1n) is 14.7. The molecule has 2 nitrogen and oxygen atoms in total. The second-order valence-corrected chi connectivity index (χ2v) is 24.2. The van der Waals surface area contributed by atoms with Crippen molar-refractivity contribution < 1.29 is 59.9 Å². The minimum atomic E-state index is -1.84. The first-order chi connectivity index (χ1) is 16.6. The molecule has 39 heavy (non-hydrogen) atoms. The molecular weight excluding hydrogens is 635 g/mol. The summed E-state index contributed by atoms with van der Waals surface area (Å²) in [4.78, 5) is 0. The average Bonchev–Trinajstić information content (AvgIpc) is 3.28. The van der Waals surface area contributed by atoms with E-state index in [-0.39, 0.29) is 73.3 Å². The molecule has 0 aromatic heterocycles. The Morgan fingerprint density at radius 1 is 0.615 bits per heavy atom. The molecule has 4 aliphatic rings. The van der Waals surface area contributed by atoms with E-state index < -0.39 is 16.6 Å². The van der Waals surface area contributed by atoms with Crippen LogP contribution in [0.15, 0.2) is 33.4 Å². The van der Waals surface area contributed by atoms with Gasteiger partial charge < -0.3 is 33.7 Å². The Bertz CT molecular complexity index is 917. The van der Waals surface area contributed by atoms with Gasteiger partial charge in [-0.15, -0.1) is 11.1 Å². The molecule has 0 aromatic rings. The number of allylic oxidation sites excluding steroid dienone is 4. The fourth-order valence-corrected chi connectivity index (χ4v) is 7.92. The molecule has 7 heteroatoms. The summed E-state index contributed by atoms with van der Waals surface area (Å²) in [6, 6.07) is 0. The molecule has 0 radical (unpaired) electrons. The van der Waals surface area contributed by atoms with Gasteiger partial charge in [0.05, 0.1) is 0 Å². The van der Waals surface area contributed by atoms with Crippen molar-refractivity contribution in [3.8, 4) is 0 Å². The summed E-state index contributed by atoms with van der Waals surface area (Å²) in [5.41, 5.74) is 9.21. The molecule has 218 valence electrons. The van der Waals surface area contributed by atoms with Crippen LogP contribution in [0, 0.1) is 12.2 Å². The van der Waals surface area contributed by atoms with Crippen LogP contribution in [0.1, 0.15) is 106 Å². The SMILES string of the molecule is CC(C)(C)[Si](C)(C)OC1[C-]=C(CCC2=[C-]C(O[Si](C)(C)C(C)(C)C)C3=C2CCCC3)C2=C1CCCC2.[Cl-].[Cl-].[Zr+4]. The molecule has 0 saturated heterocycles. The van der Waals surface area contributed by atoms with E-state index in [1.165, 1.54) is 62.5 Å². The van der Waals surface area contributed by atoms with Crippen molar-refractivity contribution in [1.29, 1.82) is 0 Å². The maximum atomic E-state index is 6.93. The van der Waals surface area contributed by atoms with Crippen LogP contribution in [0.25, 0.3) is 0 Å². The molecule has 2 atom stereocenters. The van der Waals surface area contributed by atoms with Crippen LogP contribution in [0.3, 0.4) is 0 Å². The summed E-state index contributed by atoms with van der Waals surface area (Å²) < 4.78 is 13.9. The van der Waals surface area contributed by atoms with Crippen LogP contribution in [-0.2, 0) is 35.1 Å². The minimum Gasteiger partial charge on any atom is -1.00 e. The zero-order valence-electron chi connectivity index (χ0n) is 26.3. The van der Waals surface area contributed by atoms with Gasteiger partial charge in [-0.1, -0.05) is 92.9 Å². The van der Waals surface area contributed by atoms with Crippen LogP contribution >= 0.6 is 0 Å². The van der Waals surface area contributed by atoms with E-state index in [4.69, 9.17) is 8.85 Å². The van der Waals surface area contributed by atoms with Gasteiger partial charge in [0.15, 0.2) is 16.6 Å². The molecule has 0 aliphatic heterocycles. The zero-order chi connectivity index (χ0) is 26.5. The Balaban J connectivity index is 0.00000253. The average molecular weight is 687 g/mol. The minimum absolute atomic E-state index is 0. The van der Waals surface area contributed by atoms with E-state index in [2.05, 4.69) is 79.9 Å². The van der Waals surface area contributed by atoms with Gasteiger partial charge in [0, 0.05) is 0 Å². The molecule has 0 aromatic carbocycles. The maximum Gasteiger partial charge on any atom is 4.00 e. The molecule has 0 N–H and O–H groups in total. The third-order valence-electron chi connectivity index (χ3n) is 10.1. The van der Waals surface area contributed by atoms with E-state index in [1.54, 1.807) is 22.3 Å². The van der Waals surface area contributed by atoms with Crippen molar-refractivity contribution in [1.82, 2.24) is 0 Å². The van der Waals surface area contributed by atoms with Gasteiger partial charge >= 0.3 is 26.2 Å². The Morgan fingerprint density at radius 2 is 0.923 bits per heavy atom. The van der Waals surface area contributed by atoms with E-state index in [0.717, 1.165) is 12.8 Å². The van der Waals surface area contributed by atoms with Crippen LogP contribution in [-0.4, -0.2) is 28.8 Å². The van der Waals surface area contributed by atoms with Crippen molar-refractivity contribution >= 4 is 16.6 Å². The number of hydrogen-bond donors (Lipinski definition) is 0. The fraction of sp³-hybridized carbons (Fsp3) is 0.750. The molecule has 2 unspecified atom stereocenters. The van der Waals surface area contributed by atoms with Gasteiger partial charge in [0.25, 0.3) is 0 Å². The van der Waals surface area contributed by atoms with Gasteiger partial charge in [-0.25, -0.2) is 23.3 Å². The van der Waals surface area contributed by atoms with Crippen LogP contribution in [0.5, 0.6) is 0 Å². The van der Waals surface area contributed by atoms with E-state index >= 15 is 0 Å². The largest absolute Gasteiger partial charge is 4.00 e. The molecule has 0 fully saturated rings. The van der Waals surface area contributed by atoms with E-state index in [1.807, 2.05) is 0 Å². The second kappa shape index (κ2) is 14.0. The molecule has 4 aliphatic carbocycles. The predicted octanol–water partition coefficient (Wildman–Crippen LogP) is 3.78. The molecule has 0 spiro atoms. The molecule has 4 rings (SSSR count). The van der Waals surface area contributed by atoms with Crippen molar-refractivity contribution in [2.45, 2.75) is 154 Å². The zero-order valence-corrected chi connectivity index (χ0v) is 32.3. The summed E-state index contributed by atoms with van der Waals surface area (Å²) in [5, 5.41) is 0.443. The first-order valence-corrected chi connectivity index (χ1v) is 20.5. The second-order valence-electron chi connectivity index (χ2n) is 14.7. The Kier molecular flexibility index (Phi) is 13.6. The van der Waals surface area contributed by atoms with E-state index in [9.17, 15) is 0 Å². The van der Waals surface area contributed by atoms with Gasteiger partial charge in [-0.3, -0.25) is 0 Å². The first kappa shape index (κ1) is 37.8. The number of hydrogen-bond acceptors (Lipinski definition) is 2. The third-order valence-corrected chi connectivity index (χ3v) is 18.9. The summed E-state index contributed by atoms with van der Waals surface area (Å²) >= 11 is 0. The normalized spacial score (nSPS) is 23.7. The Hall–Kier alpha value is 0.777. The number of halogens is 2. The predicted molar refractivity (Wildman–Crippen MR) is 158 cm³/mol. The van der Waals surface area contributed by atoms with Crippen molar-refractivity contribution in [2.75, 3.05) is 0 Å². The van der Waals surface area contributed by atoms with Crippen molar-refractivity contribution in [3.63, 3.8) is 0 Å². The van der Waals surface area contributed by atoms with Crippen molar-refractivity contribution in [3.05, 3.63) is 45.6 Å². The van der Waals surface area contributed by atoms with Crippen LogP contribution in [0.4, 0.5) is 0 Å². The number of rotatable bonds is 7. The molecule has 0 saturated carbocycles. The summed E-state index contributed by atoms with van der Waals surface area (Å²) in [7, 11) is -3.69. The molecule has 0 heterocycles. The molecule has 0 bridgehead atoms. The topological polar surface area (TPSA) is 18.5 Å². The van der Waals surface area contributed by atoms with Crippen LogP contribution in [0.2, 0.25) is 36.3 Å². The van der Waals surface area contributed by atoms with Crippen LogP contribution < -0.4 is 24.8 Å². The third kappa shape index (κ3) is 8.24. The summed E-state index contributed by atoms with van der Waals surface area (Å²) in [5.74, 6) is 0. The van der Waals surface area contributed by atoms with Crippen molar-refractivity contribution in [2.24, 2.45) is 0 Å². The van der Waals surface area contributed by atoms with Gasteiger partial charge in [-0.2, -0.15) is 11.1 Å². The summed E-state index contributed by atoms with van der Waals surface area (Å²) in [6.07, 6.45) is 20.2.